The molecule has 5 nitrogen and oxygen atoms in total. The molecule has 151 valence electrons. The van der Waals surface area contributed by atoms with Gasteiger partial charge in [0, 0.05) is 37.1 Å². The summed E-state index contributed by atoms with van der Waals surface area (Å²) in [6.45, 7) is 2.17. The quantitative estimate of drug-likeness (QED) is 0.555. The van der Waals surface area contributed by atoms with Crippen molar-refractivity contribution in [2.24, 2.45) is 0 Å². The molecule has 0 saturated carbocycles. The molecule has 2 aromatic carbocycles. The van der Waals surface area contributed by atoms with Gasteiger partial charge in [0.1, 0.15) is 0 Å². The maximum absolute atomic E-state index is 4.91. The van der Waals surface area contributed by atoms with Crippen LogP contribution in [0.1, 0.15) is 24.3 Å². The summed E-state index contributed by atoms with van der Waals surface area (Å²) in [6.07, 6.45) is 4.31. The van der Waals surface area contributed by atoms with E-state index < -0.39 is 0 Å². The molecule has 1 aliphatic heterocycles. The number of rotatable bonds is 4. The number of hydrogen-bond acceptors (Lipinski definition) is 4. The van der Waals surface area contributed by atoms with Crippen molar-refractivity contribution in [1.29, 1.82) is 0 Å². The maximum atomic E-state index is 4.91. The highest BCUT2D eigenvalue weighted by atomic mass is 15.3. The average Bonchev–Trinajstić information content (AvgIpc) is 3.24. The molecule has 0 aliphatic carbocycles. The highest BCUT2D eigenvalue weighted by molar-refractivity contribution is 5.80. The van der Waals surface area contributed by atoms with Crippen LogP contribution in [0.5, 0.6) is 0 Å². The number of hydrogen-bond donors (Lipinski definition) is 1. The van der Waals surface area contributed by atoms with Gasteiger partial charge in [0.2, 0.25) is 0 Å². The van der Waals surface area contributed by atoms with Gasteiger partial charge in [-0.1, -0.05) is 24.3 Å². The van der Waals surface area contributed by atoms with Crippen LogP contribution in [0.2, 0.25) is 0 Å². The van der Waals surface area contributed by atoms with E-state index in [2.05, 4.69) is 72.8 Å². The predicted molar refractivity (Wildman–Crippen MR) is 122 cm³/mol. The fraction of sp³-hybridized carbons (Fsp3) is 0.280. The lowest BCUT2D eigenvalue weighted by Gasteiger charge is -2.23. The predicted octanol–water partition coefficient (Wildman–Crippen LogP) is 4.40. The zero-order valence-corrected chi connectivity index (χ0v) is 17.5. The Balaban J connectivity index is 1.55. The summed E-state index contributed by atoms with van der Waals surface area (Å²) in [7, 11) is 4.11. The molecule has 30 heavy (non-hydrogen) atoms. The first-order chi connectivity index (χ1) is 14.7. The minimum Gasteiger partial charge on any atom is -0.378 e. The summed E-state index contributed by atoms with van der Waals surface area (Å²) in [4.78, 5) is 7.03. The molecule has 1 fully saturated rings. The van der Waals surface area contributed by atoms with Gasteiger partial charge >= 0.3 is 0 Å². The molecule has 5 heteroatoms. The molecule has 0 amide bonds. The first kappa shape index (κ1) is 18.8. The normalized spacial score (nSPS) is 14.9. The van der Waals surface area contributed by atoms with Crippen molar-refractivity contribution in [2.45, 2.75) is 18.8 Å². The van der Waals surface area contributed by atoms with Crippen molar-refractivity contribution in [3.05, 3.63) is 72.4 Å². The summed E-state index contributed by atoms with van der Waals surface area (Å²) in [5.74, 6) is 1.32. The number of pyridine rings is 1. The fourth-order valence-electron chi connectivity index (χ4n) is 4.22. The molecule has 5 rings (SSSR count). The van der Waals surface area contributed by atoms with Crippen LogP contribution in [0.4, 0.5) is 5.69 Å². The van der Waals surface area contributed by atoms with Crippen molar-refractivity contribution in [3.8, 4) is 22.5 Å². The standard InChI is InChI=1S/C25H26N5/c1-29(2)22-9-4-7-20(17-22)23-10-5-15-30-25(23)27-24(28-30)21-8-3-6-19(16-21)18-11-13-26-14-12-18/h3-7,9-10,15-18,26H,11-14H2,1-2H3. The Labute approximate surface area is 177 Å². The van der Waals surface area contributed by atoms with E-state index in [-0.39, 0.29) is 0 Å². The monoisotopic (exact) mass is 396 g/mol. The minimum absolute atomic E-state index is 0.598. The van der Waals surface area contributed by atoms with E-state index in [9.17, 15) is 0 Å². The Kier molecular flexibility index (Phi) is 4.97. The maximum Gasteiger partial charge on any atom is 0.182 e. The summed E-state index contributed by atoms with van der Waals surface area (Å²) < 4.78 is 1.87. The van der Waals surface area contributed by atoms with Crippen molar-refractivity contribution < 1.29 is 0 Å². The molecule has 4 aromatic rings. The molecule has 1 radical (unpaired) electrons. The third-order valence-electron chi connectivity index (χ3n) is 5.91. The number of benzene rings is 2. The van der Waals surface area contributed by atoms with Gasteiger partial charge < -0.3 is 10.2 Å². The lowest BCUT2D eigenvalue weighted by molar-refractivity contribution is 0.460. The van der Waals surface area contributed by atoms with Crippen LogP contribution in [-0.2, 0) is 0 Å². The van der Waals surface area contributed by atoms with Crippen molar-refractivity contribution >= 4 is 11.3 Å². The van der Waals surface area contributed by atoms with E-state index >= 15 is 0 Å². The zero-order chi connectivity index (χ0) is 20.5. The largest absolute Gasteiger partial charge is 0.378 e. The van der Waals surface area contributed by atoms with Gasteiger partial charge in [0.15, 0.2) is 11.5 Å². The van der Waals surface area contributed by atoms with Crippen LogP contribution >= 0.6 is 0 Å². The lowest BCUT2D eigenvalue weighted by atomic mass is 9.89. The third kappa shape index (κ3) is 3.57. The summed E-state index contributed by atoms with van der Waals surface area (Å²) in [5.41, 5.74) is 6.57. The van der Waals surface area contributed by atoms with Crippen molar-refractivity contribution in [3.63, 3.8) is 0 Å². The van der Waals surface area contributed by atoms with Gasteiger partial charge in [-0.15, -0.1) is 5.10 Å². The lowest BCUT2D eigenvalue weighted by Crippen LogP contribution is -2.26. The van der Waals surface area contributed by atoms with Gasteiger partial charge in [-0.05, 0) is 79.4 Å². The fourth-order valence-corrected chi connectivity index (χ4v) is 4.22. The Hall–Kier alpha value is -3.18. The topological polar surface area (TPSA) is 45.5 Å². The van der Waals surface area contributed by atoms with E-state index in [1.54, 1.807) is 0 Å². The molecule has 1 saturated heterocycles. The molecule has 0 bridgehead atoms. The molecule has 0 unspecified atom stereocenters. The van der Waals surface area contributed by atoms with E-state index in [4.69, 9.17) is 10.1 Å². The second-order valence-corrected chi connectivity index (χ2v) is 8.13. The van der Waals surface area contributed by atoms with E-state index in [0.29, 0.717) is 5.92 Å². The third-order valence-corrected chi connectivity index (χ3v) is 5.91. The number of piperidine rings is 1. The van der Waals surface area contributed by atoms with Crippen molar-refractivity contribution in [2.75, 3.05) is 32.1 Å². The minimum atomic E-state index is 0.598. The molecule has 0 spiro atoms. The number of aromatic nitrogens is 3. The summed E-state index contributed by atoms with van der Waals surface area (Å²) in [6, 6.07) is 22.4. The molecule has 0 atom stereocenters. The second-order valence-electron chi connectivity index (χ2n) is 8.13. The summed E-state index contributed by atoms with van der Waals surface area (Å²) >= 11 is 0. The average molecular weight is 397 g/mol. The van der Waals surface area contributed by atoms with E-state index in [1.165, 1.54) is 18.4 Å². The molecule has 2 aromatic heterocycles. The van der Waals surface area contributed by atoms with Gasteiger partial charge in [0.05, 0.1) is 0 Å². The smallest absolute Gasteiger partial charge is 0.182 e. The first-order valence-corrected chi connectivity index (χ1v) is 10.5. The Morgan fingerprint density at radius 3 is 2.77 bits per heavy atom. The first-order valence-electron chi connectivity index (χ1n) is 10.5. The zero-order valence-electron chi connectivity index (χ0n) is 17.5. The molecule has 1 aliphatic rings. The van der Waals surface area contributed by atoms with Crippen molar-refractivity contribution in [1.82, 2.24) is 19.9 Å². The number of nitrogens with one attached hydrogen (secondary N) is 1. The molecular formula is C25H26N5. The van der Waals surface area contributed by atoms with E-state index in [0.717, 1.165) is 46.9 Å². The van der Waals surface area contributed by atoms with Gasteiger partial charge in [-0.2, -0.15) is 0 Å². The van der Waals surface area contributed by atoms with Gasteiger partial charge in [-0.25, -0.2) is 9.50 Å². The van der Waals surface area contributed by atoms with Crippen LogP contribution in [0, 0.1) is 6.07 Å². The van der Waals surface area contributed by atoms with Gasteiger partial charge in [-0.3, -0.25) is 0 Å². The van der Waals surface area contributed by atoms with Crippen LogP contribution in [0.15, 0.2) is 60.8 Å². The SMILES string of the molecule is CN(C)c1cccc(-c2cccn3nc(-c4[c]ccc(C5CCNCC5)c4)nc23)c1. The second kappa shape index (κ2) is 7.92. The van der Waals surface area contributed by atoms with Gasteiger partial charge in [0.25, 0.3) is 0 Å². The Morgan fingerprint density at radius 1 is 1.07 bits per heavy atom. The van der Waals surface area contributed by atoms with Crippen LogP contribution in [0.3, 0.4) is 0 Å². The number of nitrogens with zero attached hydrogens (tertiary/aromatic N) is 4. The highest BCUT2D eigenvalue weighted by Crippen LogP contribution is 2.30. The molecule has 1 N–H and O–H groups in total. The summed E-state index contributed by atoms with van der Waals surface area (Å²) in [5, 5.41) is 8.21. The van der Waals surface area contributed by atoms with Crippen LogP contribution in [-0.4, -0.2) is 41.8 Å². The van der Waals surface area contributed by atoms with E-state index in [1.807, 2.05) is 22.8 Å². The number of fused-ring (bicyclic) bond motifs is 1. The molecular weight excluding hydrogens is 370 g/mol. The Bertz CT molecular complexity index is 1170. The van der Waals surface area contributed by atoms with Crippen LogP contribution < -0.4 is 10.2 Å². The number of anilines is 1. The van der Waals surface area contributed by atoms with Crippen LogP contribution in [0.25, 0.3) is 28.2 Å². The molecule has 3 heterocycles. The Morgan fingerprint density at radius 2 is 1.93 bits per heavy atom. The highest BCUT2D eigenvalue weighted by Gasteiger charge is 2.17.